The molecule has 0 unspecified atom stereocenters. The largest absolute Gasteiger partial charge is 0.308 e. The molecule has 0 N–H and O–H groups in total. The van der Waals surface area contributed by atoms with Crippen molar-refractivity contribution in [3.8, 4) is 0 Å². The third kappa shape index (κ3) is 12.7. The van der Waals surface area contributed by atoms with Crippen LogP contribution in [0.4, 0.5) is 0 Å². The number of rotatable bonds is 5. The summed E-state index contributed by atoms with van der Waals surface area (Å²) < 4.78 is 0. The predicted octanol–water partition coefficient (Wildman–Crippen LogP) is 1.21. The van der Waals surface area contributed by atoms with Gasteiger partial charge in [-0.2, -0.15) is 12.6 Å². The molecule has 0 aromatic heterocycles. The Balaban J connectivity index is 0. The summed E-state index contributed by atoms with van der Waals surface area (Å²) in [5, 5.41) is 0. The Morgan fingerprint density at radius 1 is 1.00 bits per heavy atom. The zero-order chi connectivity index (χ0) is 9.98. The zero-order valence-corrected chi connectivity index (χ0v) is 9.48. The number of hydrogen-bond acceptors (Lipinski definition) is 3. The van der Waals surface area contributed by atoms with Crippen molar-refractivity contribution in [2.75, 3.05) is 46.5 Å². The van der Waals surface area contributed by atoms with Crippen LogP contribution in [0.15, 0.2) is 13.2 Å². The molecule has 0 aliphatic heterocycles. The maximum Gasteiger partial charge on any atom is 0.0106 e. The van der Waals surface area contributed by atoms with Gasteiger partial charge in [0, 0.05) is 25.4 Å². The van der Waals surface area contributed by atoms with Gasteiger partial charge < -0.3 is 9.80 Å². The molecule has 74 valence electrons. The number of thiol groups is 1. The molecule has 2 nitrogen and oxygen atoms in total. The molecule has 0 saturated carbocycles. The lowest BCUT2D eigenvalue weighted by atomic mass is 10.5. The van der Waals surface area contributed by atoms with Crippen LogP contribution in [0.1, 0.15) is 0 Å². The number of likely N-dealkylation sites (N-methyl/N-ethyl adjacent to an activating group) is 2. The van der Waals surface area contributed by atoms with Gasteiger partial charge in [0.15, 0.2) is 0 Å². The first kappa shape index (κ1) is 14.5. The SMILES string of the molecule is C=C.CN(C)CCN(C)CCS. The van der Waals surface area contributed by atoms with Crippen LogP contribution >= 0.6 is 12.6 Å². The molecule has 0 saturated heterocycles. The second-order valence-corrected chi connectivity index (χ2v) is 3.28. The maximum atomic E-state index is 4.15. The second-order valence-electron chi connectivity index (χ2n) is 2.83. The molecule has 0 spiro atoms. The maximum absolute atomic E-state index is 4.15. The Bertz CT molecular complexity index is 86.6. The van der Waals surface area contributed by atoms with Crippen LogP contribution in [-0.2, 0) is 0 Å². The smallest absolute Gasteiger partial charge is 0.0106 e. The average molecular weight is 190 g/mol. The van der Waals surface area contributed by atoms with E-state index in [0.29, 0.717) is 0 Å². The molecule has 0 bridgehead atoms. The fourth-order valence-electron chi connectivity index (χ4n) is 0.653. The highest BCUT2D eigenvalue weighted by Gasteiger charge is 1.95. The summed E-state index contributed by atoms with van der Waals surface area (Å²) in [6, 6.07) is 0. The van der Waals surface area contributed by atoms with Crippen LogP contribution in [0.25, 0.3) is 0 Å². The van der Waals surface area contributed by atoms with E-state index in [1.54, 1.807) is 0 Å². The van der Waals surface area contributed by atoms with Gasteiger partial charge >= 0.3 is 0 Å². The van der Waals surface area contributed by atoms with Gasteiger partial charge in [-0.15, -0.1) is 13.2 Å². The molecule has 0 amide bonds. The van der Waals surface area contributed by atoms with E-state index in [9.17, 15) is 0 Å². The van der Waals surface area contributed by atoms with Crippen LogP contribution in [0.2, 0.25) is 0 Å². The van der Waals surface area contributed by atoms with E-state index < -0.39 is 0 Å². The number of nitrogens with zero attached hydrogens (tertiary/aromatic N) is 2. The van der Waals surface area contributed by atoms with Crippen LogP contribution < -0.4 is 0 Å². The summed E-state index contributed by atoms with van der Waals surface area (Å²) in [7, 11) is 6.31. The lowest BCUT2D eigenvalue weighted by molar-refractivity contribution is 0.294. The van der Waals surface area contributed by atoms with Crippen molar-refractivity contribution >= 4 is 12.6 Å². The third-order valence-electron chi connectivity index (χ3n) is 1.41. The fourth-order valence-corrected chi connectivity index (χ4v) is 0.995. The first-order valence-corrected chi connectivity index (χ1v) is 4.74. The van der Waals surface area contributed by atoms with E-state index in [4.69, 9.17) is 0 Å². The molecule has 0 aliphatic rings. The van der Waals surface area contributed by atoms with Gasteiger partial charge in [0.2, 0.25) is 0 Å². The van der Waals surface area contributed by atoms with Crippen molar-refractivity contribution < 1.29 is 0 Å². The Hall–Kier alpha value is 0.0100. The molecule has 0 aromatic rings. The molecular weight excluding hydrogens is 168 g/mol. The Labute approximate surface area is 82.6 Å². The van der Waals surface area contributed by atoms with E-state index in [1.807, 2.05) is 0 Å². The standard InChI is InChI=1S/C7H18N2S.C2H4/c1-8(2)4-5-9(3)6-7-10;1-2/h10H,4-7H2,1-3H3;1-2H2. The molecule has 3 heteroatoms. The monoisotopic (exact) mass is 190 g/mol. The van der Waals surface area contributed by atoms with Crippen molar-refractivity contribution in [3.63, 3.8) is 0 Å². The van der Waals surface area contributed by atoms with E-state index in [1.165, 1.54) is 0 Å². The van der Waals surface area contributed by atoms with Crippen LogP contribution in [0.5, 0.6) is 0 Å². The zero-order valence-electron chi connectivity index (χ0n) is 8.58. The lowest BCUT2D eigenvalue weighted by Gasteiger charge is -2.17. The quantitative estimate of drug-likeness (QED) is 0.514. The van der Waals surface area contributed by atoms with Crippen molar-refractivity contribution in [1.82, 2.24) is 9.80 Å². The highest BCUT2D eigenvalue weighted by atomic mass is 32.1. The van der Waals surface area contributed by atoms with E-state index in [0.717, 1.165) is 25.4 Å². The van der Waals surface area contributed by atoms with Crippen LogP contribution in [0.3, 0.4) is 0 Å². The van der Waals surface area contributed by atoms with E-state index in [-0.39, 0.29) is 0 Å². The van der Waals surface area contributed by atoms with Gasteiger partial charge in [-0.25, -0.2) is 0 Å². The second kappa shape index (κ2) is 11.0. The molecule has 12 heavy (non-hydrogen) atoms. The van der Waals surface area contributed by atoms with E-state index in [2.05, 4.69) is 56.7 Å². The summed E-state index contributed by atoms with van der Waals surface area (Å²) in [4.78, 5) is 4.47. The first-order chi connectivity index (χ1) is 5.66. The molecule has 0 aromatic carbocycles. The van der Waals surface area contributed by atoms with Crippen LogP contribution in [0, 0.1) is 0 Å². The van der Waals surface area contributed by atoms with Crippen molar-refractivity contribution in [1.29, 1.82) is 0 Å². The first-order valence-electron chi connectivity index (χ1n) is 4.11. The van der Waals surface area contributed by atoms with Gasteiger partial charge in [0.05, 0.1) is 0 Å². The molecule has 0 aliphatic carbocycles. The van der Waals surface area contributed by atoms with Gasteiger partial charge in [-0.05, 0) is 21.1 Å². The molecule has 0 heterocycles. The van der Waals surface area contributed by atoms with Crippen molar-refractivity contribution in [3.05, 3.63) is 13.2 Å². The van der Waals surface area contributed by atoms with Crippen molar-refractivity contribution in [2.24, 2.45) is 0 Å². The summed E-state index contributed by atoms with van der Waals surface area (Å²) >= 11 is 4.15. The lowest BCUT2D eigenvalue weighted by Crippen LogP contribution is -2.29. The Morgan fingerprint density at radius 3 is 1.83 bits per heavy atom. The third-order valence-corrected chi connectivity index (χ3v) is 1.61. The van der Waals surface area contributed by atoms with Crippen molar-refractivity contribution in [2.45, 2.75) is 0 Å². The minimum Gasteiger partial charge on any atom is -0.308 e. The normalized spacial score (nSPS) is 9.83. The van der Waals surface area contributed by atoms with Gasteiger partial charge in [0.25, 0.3) is 0 Å². The summed E-state index contributed by atoms with van der Waals surface area (Å²) in [5.41, 5.74) is 0. The minimum atomic E-state index is 0.948. The highest BCUT2D eigenvalue weighted by molar-refractivity contribution is 7.80. The molecular formula is C9H22N2S. The molecule has 0 fully saturated rings. The Kier molecular flexibility index (Phi) is 13.3. The molecule has 0 atom stereocenters. The minimum absolute atomic E-state index is 0.948. The fraction of sp³-hybridized carbons (Fsp3) is 0.778. The summed E-state index contributed by atoms with van der Waals surface area (Å²) in [5.74, 6) is 0.948. The topological polar surface area (TPSA) is 6.48 Å². The Morgan fingerprint density at radius 2 is 1.50 bits per heavy atom. The molecule has 0 rings (SSSR count). The van der Waals surface area contributed by atoms with Gasteiger partial charge in [-0.3, -0.25) is 0 Å². The van der Waals surface area contributed by atoms with Crippen LogP contribution in [-0.4, -0.2) is 56.3 Å². The average Bonchev–Trinajstić information content (AvgIpc) is 2.05. The highest BCUT2D eigenvalue weighted by Crippen LogP contribution is 1.84. The summed E-state index contributed by atoms with van der Waals surface area (Å²) in [6.45, 7) is 9.34. The molecule has 0 radical (unpaired) electrons. The van der Waals surface area contributed by atoms with Gasteiger partial charge in [0.1, 0.15) is 0 Å². The van der Waals surface area contributed by atoms with Gasteiger partial charge in [-0.1, -0.05) is 0 Å². The predicted molar refractivity (Wildman–Crippen MR) is 61.2 cm³/mol. The van der Waals surface area contributed by atoms with E-state index >= 15 is 0 Å². The number of hydrogen-bond donors (Lipinski definition) is 1. The summed E-state index contributed by atoms with van der Waals surface area (Å²) in [6.07, 6.45) is 0.